The summed E-state index contributed by atoms with van der Waals surface area (Å²) in [5.41, 5.74) is 6.62. The predicted molar refractivity (Wildman–Crippen MR) is 139 cm³/mol. The topological polar surface area (TPSA) is 91.6 Å². The van der Waals surface area contributed by atoms with Crippen LogP contribution in [0.15, 0.2) is 76.1 Å². The zero-order chi connectivity index (χ0) is 24.7. The average Bonchev–Trinajstić information content (AvgIpc) is 2.81. The standard InChI is InChI=1S/C29H26N2O4/c1-16-12-23(18(3)31-25-7-5-4-6-22(25)29(33)34)28-24(13-16)26(32)17(2)27(35-28)20-10-8-19(9-11-20)21-14-30-15-21/h4-14,18,30-31H,15H2,1-3H3,(H,33,34). The van der Waals surface area contributed by atoms with Gasteiger partial charge in [-0.2, -0.15) is 0 Å². The van der Waals surface area contributed by atoms with Crippen molar-refractivity contribution in [3.8, 4) is 11.3 Å². The number of hydrogen-bond donors (Lipinski definition) is 3. The van der Waals surface area contributed by atoms with E-state index in [4.69, 9.17) is 4.42 Å². The molecular formula is C29H26N2O4. The number of hydrogen-bond acceptors (Lipinski definition) is 5. The number of rotatable bonds is 6. The van der Waals surface area contributed by atoms with Crippen LogP contribution in [-0.4, -0.2) is 17.6 Å². The minimum atomic E-state index is -1.00. The molecule has 1 atom stereocenters. The number of fused-ring (bicyclic) bond motifs is 1. The first kappa shape index (κ1) is 22.5. The van der Waals surface area contributed by atoms with Gasteiger partial charge in [0, 0.05) is 35.1 Å². The molecule has 5 rings (SSSR count). The summed E-state index contributed by atoms with van der Waals surface area (Å²) in [6, 6.07) is 18.3. The average molecular weight is 467 g/mol. The SMILES string of the molecule is Cc1cc(C(C)Nc2ccccc2C(=O)O)c2oc(-c3ccc(C4=CNC4)cc3)c(C)c(=O)c2c1. The van der Waals surface area contributed by atoms with E-state index in [1.165, 1.54) is 5.57 Å². The Hall–Kier alpha value is -4.32. The highest BCUT2D eigenvalue weighted by Crippen LogP contribution is 2.33. The molecule has 1 aliphatic rings. The second-order valence-corrected chi connectivity index (χ2v) is 8.96. The lowest BCUT2D eigenvalue weighted by Gasteiger charge is -2.20. The Bertz CT molecular complexity index is 1550. The first-order valence-electron chi connectivity index (χ1n) is 11.5. The lowest BCUT2D eigenvalue weighted by atomic mass is 9.97. The second kappa shape index (κ2) is 8.80. The molecule has 0 spiro atoms. The van der Waals surface area contributed by atoms with Crippen molar-refractivity contribution in [1.29, 1.82) is 0 Å². The van der Waals surface area contributed by atoms with E-state index in [9.17, 15) is 14.7 Å². The van der Waals surface area contributed by atoms with E-state index in [0.29, 0.717) is 28.0 Å². The number of anilines is 1. The van der Waals surface area contributed by atoms with Gasteiger partial charge in [0.1, 0.15) is 11.3 Å². The molecule has 1 aromatic heterocycles. The normalized spacial score (nSPS) is 13.5. The fraction of sp³-hybridized carbons (Fsp3) is 0.172. The minimum Gasteiger partial charge on any atom is -0.478 e. The van der Waals surface area contributed by atoms with E-state index < -0.39 is 5.97 Å². The lowest BCUT2D eigenvalue weighted by molar-refractivity contribution is 0.0698. The van der Waals surface area contributed by atoms with Crippen molar-refractivity contribution in [1.82, 2.24) is 5.32 Å². The third-order valence-electron chi connectivity index (χ3n) is 6.47. The smallest absolute Gasteiger partial charge is 0.337 e. The number of carbonyl (C=O) groups is 1. The maximum Gasteiger partial charge on any atom is 0.337 e. The fourth-order valence-electron chi connectivity index (χ4n) is 4.50. The summed E-state index contributed by atoms with van der Waals surface area (Å²) in [4.78, 5) is 25.1. The molecule has 176 valence electrons. The maximum absolute atomic E-state index is 13.4. The molecule has 6 heteroatoms. The lowest BCUT2D eigenvalue weighted by Crippen LogP contribution is -2.20. The molecule has 0 amide bonds. The molecule has 1 unspecified atom stereocenters. The van der Waals surface area contributed by atoms with Crippen molar-refractivity contribution in [3.05, 3.63) is 105 Å². The van der Waals surface area contributed by atoms with Gasteiger partial charge in [-0.25, -0.2) is 4.79 Å². The Balaban J connectivity index is 1.61. The summed E-state index contributed by atoms with van der Waals surface area (Å²) < 4.78 is 6.44. The first-order valence-corrected chi connectivity index (χ1v) is 11.5. The molecule has 3 aromatic carbocycles. The number of nitrogens with one attached hydrogen (secondary N) is 2. The molecule has 1 aliphatic heterocycles. The van der Waals surface area contributed by atoms with Gasteiger partial charge in [0.05, 0.1) is 17.0 Å². The molecule has 0 fully saturated rings. The number of carboxylic acid groups (broad SMARTS) is 1. The van der Waals surface area contributed by atoms with Gasteiger partial charge >= 0.3 is 5.97 Å². The van der Waals surface area contributed by atoms with E-state index in [2.05, 4.69) is 10.6 Å². The molecule has 3 N–H and O–H groups in total. The Labute approximate surface area is 202 Å². The van der Waals surface area contributed by atoms with Crippen LogP contribution in [-0.2, 0) is 0 Å². The summed E-state index contributed by atoms with van der Waals surface area (Å²) in [6.45, 7) is 6.51. The maximum atomic E-state index is 13.4. The summed E-state index contributed by atoms with van der Waals surface area (Å²) in [6.07, 6.45) is 1.99. The number of carboxylic acids is 1. The molecule has 6 nitrogen and oxygen atoms in total. The van der Waals surface area contributed by atoms with Crippen LogP contribution < -0.4 is 16.1 Å². The first-order chi connectivity index (χ1) is 16.8. The monoisotopic (exact) mass is 466 g/mol. The van der Waals surface area contributed by atoms with E-state index in [1.807, 2.05) is 56.4 Å². The summed E-state index contributed by atoms with van der Waals surface area (Å²) in [5, 5.41) is 16.5. The zero-order valence-corrected chi connectivity index (χ0v) is 19.8. The van der Waals surface area contributed by atoms with Crippen molar-refractivity contribution >= 4 is 28.2 Å². The Morgan fingerprint density at radius 1 is 1.06 bits per heavy atom. The highest BCUT2D eigenvalue weighted by atomic mass is 16.4. The second-order valence-electron chi connectivity index (χ2n) is 8.96. The van der Waals surface area contributed by atoms with E-state index >= 15 is 0 Å². The number of aromatic carboxylic acids is 1. The molecular weight excluding hydrogens is 440 g/mol. The van der Waals surface area contributed by atoms with Crippen LogP contribution >= 0.6 is 0 Å². The number of aryl methyl sites for hydroxylation is 1. The Morgan fingerprint density at radius 3 is 2.40 bits per heavy atom. The van der Waals surface area contributed by atoms with Crippen molar-refractivity contribution < 1.29 is 14.3 Å². The predicted octanol–water partition coefficient (Wildman–Crippen LogP) is 5.89. The highest BCUT2D eigenvalue weighted by molar-refractivity contribution is 5.94. The van der Waals surface area contributed by atoms with Gasteiger partial charge < -0.3 is 20.2 Å². The summed E-state index contributed by atoms with van der Waals surface area (Å²) >= 11 is 0. The number of benzene rings is 3. The molecule has 4 aromatic rings. The van der Waals surface area contributed by atoms with E-state index in [1.54, 1.807) is 31.2 Å². The van der Waals surface area contributed by atoms with Crippen LogP contribution in [0.25, 0.3) is 27.9 Å². The molecule has 0 radical (unpaired) electrons. The van der Waals surface area contributed by atoms with E-state index in [0.717, 1.165) is 28.8 Å². The van der Waals surface area contributed by atoms with Gasteiger partial charge in [0.25, 0.3) is 0 Å². The van der Waals surface area contributed by atoms with Gasteiger partial charge in [-0.3, -0.25) is 4.79 Å². The fourth-order valence-corrected chi connectivity index (χ4v) is 4.50. The zero-order valence-electron chi connectivity index (χ0n) is 19.8. The Kier molecular flexibility index (Phi) is 5.65. The third kappa shape index (κ3) is 4.08. The van der Waals surface area contributed by atoms with Gasteiger partial charge in [-0.05, 0) is 55.7 Å². The number of para-hydroxylation sites is 1. The van der Waals surface area contributed by atoms with Crippen molar-refractivity contribution in [3.63, 3.8) is 0 Å². The van der Waals surface area contributed by atoms with Crippen LogP contribution in [0.4, 0.5) is 5.69 Å². The van der Waals surface area contributed by atoms with Gasteiger partial charge in [-0.15, -0.1) is 0 Å². The highest BCUT2D eigenvalue weighted by Gasteiger charge is 2.20. The largest absolute Gasteiger partial charge is 0.478 e. The molecule has 0 bridgehead atoms. The van der Waals surface area contributed by atoms with Gasteiger partial charge in [-0.1, -0.05) is 42.5 Å². The van der Waals surface area contributed by atoms with Crippen LogP contribution in [0.2, 0.25) is 0 Å². The van der Waals surface area contributed by atoms with E-state index in [-0.39, 0.29) is 17.0 Å². The Morgan fingerprint density at radius 2 is 1.74 bits per heavy atom. The molecule has 0 saturated heterocycles. The summed E-state index contributed by atoms with van der Waals surface area (Å²) in [7, 11) is 0. The molecule has 35 heavy (non-hydrogen) atoms. The summed E-state index contributed by atoms with van der Waals surface area (Å²) in [5.74, 6) is -0.464. The molecule has 2 heterocycles. The minimum absolute atomic E-state index is 0.0701. The third-order valence-corrected chi connectivity index (χ3v) is 6.47. The van der Waals surface area contributed by atoms with Crippen LogP contribution in [0, 0.1) is 13.8 Å². The van der Waals surface area contributed by atoms with Crippen LogP contribution in [0.3, 0.4) is 0 Å². The quantitative estimate of drug-likeness (QED) is 0.328. The van der Waals surface area contributed by atoms with Crippen molar-refractivity contribution in [2.75, 3.05) is 11.9 Å². The van der Waals surface area contributed by atoms with Gasteiger partial charge in [0.2, 0.25) is 0 Å². The van der Waals surface area contributed by atoms with Crippen LogP contribution in [0.5, 0.6) is 0 Å². The molecule has 0 saturated carbocycles. The van der Waals surface area contributed by atoms with Crippen molar-refractivity contribution in [2.45, 2.75) is 26.8 Å². The van der Waals surface area contributed by atoms with Gasteiger partial charge in [0.15, 0.2) is 5.43 Å². The van der Waals surface area contributed by atoms with Crippen molar-refractivity contribution in [2.24, 2.45) is 0 Å². The molecule has 0 aliphatic carbocycles. The van der Waals surface area contributed by atoms with Crippen LogP contribution in [0.1, 0.15) is 45.6 Å².